The van der Waals surface area contributed by atoms with Crippen molar-refractivity contribution in [3.05, 3.63) is 0 Å². The SMILES string of the molecule is CCOC1CC(N)(C(=O)NCC(O)C(C)C)C1(C)C. The van der Waals surface area contributed by atoms with Crippen molar-refractivity contribution in [3.8, 4) is 0 Å². The van der Waals surface area contributed by atoms with Gasteiger partial charge in [-0.05, 0) is 12.8 Å². The van der Waals surface area contributed by atoms with Gasteiger partial charge in [0.2, 0.25) is 5.91 Å². The van der Waals surface area contributed by atoms with E-state index in [2.05, 4.69) is 5.32 Å². The Morgan fingerprint density at radius 2 is 2.11 bits per heavy atom. The third kappa shape index (κ3) is 2.93. The number of nitrogens with two attached hydrogens (primary N) is 1. The quantitative estimate of drug-likeness (QED) is 0.663. The minimum Gasteiger partial charge on any atom is -0.391 e. The summed E-state index contributed by atoms with van der Waals surface area (Å²) in [6.45, 7) is 10.5. The second-order valence-corrected chi connectivity index (χ2v) is 6.36. The molecule has 0 saturated heterocycles. The van der Waals surface area contributed by atoms with Gasteiger partial charge in [-0.25, -0.2) is 0 Å². The smallest absolute Gasteiger partial charge is 0.240 e. The normalized spacial score (nSPS) is 30.8. The lowest BCUT2D eigenvalue weighted by Crippen LogP contribution is -2.76. The van der Waals surface area contributed by atoms with E-state index in [1.807, 2.05) is 34.6 Å². The molecule has 0 aromatic carbocycles. The Bertz CT molecular complexity index is 331. The molecule has 5 nitrogen and oxygen atoms in total. The molecular weight excluding hydrogens is 244 g/mol. The third-order valence-corrected chi connectivity index (χ3v) is 4.48. The van der Waals surface area contributed by atoms with Crippen molar-refractivity contribution in [1.82, 2.24) is 5.32 Å². The summed E-state index contributed by atoms with van der Waals surface area (Å²) >= 11 is 0. The van der Waals surface area contributed by atoms with Gasteiger partial charge < -0.3 is 20.9 Å². The molecular formula is C14H28N2O3. The standard InChI is InChI=1S/C14H28N2O3/c1-6-19-11-7-14(15,13(11,4)5)12(18)16-8-10(17)9(2)3/h9-11,17H,6-8,15H2,1-5H3,(H,16,18). The summed E-state index contributed by atoms with van der Waals surface area (Å²) < 4.78 is 5.59. The summed E-state index contributed by atoms with van der Waals surface area (Å²) in [5.74, 6) is -0.0900. The Hall–Kier alpha value is -0.650. The number of ether oxygens (including phenoxy) is 1. The van der Waals surface area contributed by atoms with Crippen molar-refractivity contribution in [3.63, 3.8) is 0 Å². The number of hydrogen-bond donors (Lipinski definition) is 3. The number of hydrogen-bond acceptors (Lipinski definition) is 4. The van der Waals surface area contributed by atoms with Crippen LogP contribution in [-0.4, -0.2) is 41.9 Å². The van der Waals surface area contributed by atoms with Crippen molar-refractivity contribution in [1.29, 1.82) is 0 Å². The second kappa shape index (κ2) is 5.77. The summed E-state index contributed by atoms with van der Waals surface area (Å²) in [6, 6.07) is 0. The van der Waals surface area contributed by atoms with Gasteiger partial charge in [-0.15, -0.1) is 0 Å². The number of rotatable bonds is 6. The molecule has 0 bridgehead atoms. The van der Waals surface area contributed by atoms with E-state index in [0.29, 0.717) is 13.0 Å². The van der Waals surface area contributed by atoms with Crippen molar-refractivity contribution in [2.75, 3.05) is 13.2 Å². The van der Waals surface area contributed by atoms with Crippen molar-refractivity contribution in [2.24, 2.45) is 17.1 Å². The molecule has 3 unspecified atom stereocenters. The largest absolute Gasteiger partial charge is 0.391 e. The molecule has 1 rings (SSSR count). The maximum absolute atomic E-state index is 12.2. The van der Waals surface area contributed by atoms with Gasteiger partial charge in [0.1, 0.15) is 5.54 Å². The van der Waals surface area contributed by atoms with E-state index in [1.54, 1.807) is 0 Å². The van der Waals surface area contributed by atoms with E-state index in [0.717, 1.165) is 0 Å². The first-order valence-electron chi connectivity index (χ1n) is 7.03. The number of amides is 1. The molecule has 4 N–H and O–H groups in total. The third-order valence-electron chi connectivity index (χ3n) is 4.48. The summed E-state index contributed by atoms with van der Waals surface area (Å²) in [7, 11) is 0. The zero-order valence-corrected chi connectivity index (χ0v) is 12.7. The molecule has 0 aliphatic heterocycles. The molecule has 1 amide bonds. The van der Waals surface area contributed by atoms with Gasteiger partial charge in [0.05, 0.1) is 12.2 Å². The van der Waals surface area contributed by atoms with Gasteiger partial charge in [0, 0.05) is 25.0 Å². The first-order chi connectivity index (χ1) is 8.66. The van der Waals surface area contributed by atoms with Crippen LogP contribution in [-0.2, 0) is 9.53 Å². The number of aliphatic hydroxyl groups is 1. The van der Waals surface area contributed by atoms with Crippen LogP contribution in [0.5, 0.6) is 0 Å². The van der Waals surface area contributed by atoms with Crippen LogP contribution in [0.3, 0.4) is 0 Å². The maximum Gasteiger partial charge on any atom is 0.240 e. The summed E-state index contributed by atoms with van der Waals surface area (Å²) in [5, 5.41) is 12.5. The molecule has 0 heterocycles. The fourth-order valence-corrected chi connectivity index (χ4v) is 2.41. The van der Waals surface area contributed by atoms with Crippen LogP contribution in [0, 0.1) is 11.3 Å². The molecule has 3 atom stereocenters. The minimum absolute atomic E-state index is 0.0169. The van der Waals surface area contributed by atoms with E-state index in [4.69, 9.17) is 10.5 Å². The molecule has 19 heavy (non-hydrogen) atoms. The Morgan fingerprint density at radius 3 is 2.53 bits per heavy atom. The highest BCUT2D eigenvalue weighted by atomic mass is 16.5. The first-order valence-corrected chi connectivity index (χ1v) is 7.03. The molecule has 112 valence electrons. The molecule has 0 aromatic rings. The average Bonchev–Trinajstić information content (AvgIpc) is 2.34. The van der Waals surface area contributed by atoms with Crippen LogP contribution in [0.1, 0.15) is 41.0 Å². The predicted molar refractivity (Wildman–Crippen MR) is 74.6 cm³/mol. The van der Waals surface area contributed by atoms with Crippen LogP contribution in [0.25, 0.3) is 0 Å². The molecule has 5 heteroatoms. The van der Waals surface area contributed by atoms with Crippen LogP contribution in [0.4, 0.5) is 0 Å². The molecule has 0 aromatic heterocycles. The molecule has 1 fully saturated rings. The highest BCUT2D eigenvalue weighted by Crippen LogP contribution is 2.49. The van der Waals surface area contributed by atoms with Gasteiger partial charge in [0.25, 0.3) is 0 Å². The lowest BCUT2D eigenvalue weighted by atomic mass is 9.54. The van der Waals surface area contributed by atoms with Crippen LogP contribution in [0.15, 0.2) is 0 Å². The lowest BCUT2D eigenvalue weighted by Gasteiger charge is -2.57. The summed E-state index contributed by atoms with van der Waals surface area (Å²) in [5.41, 5.74) is 4.93. The van der Waals surface area contributed by atoms with Gasteiger partial charge in [-0.2, -0.15) is 0 Å². The van der Waals surface area contributed by atoms with E-state index < -0.39 is 17.1 Å². The first kappa shape index (κ1) is 16.4. The zero-order chi connectivity index (χ0) is 14.8. The molecule has 1 saturated carbocycles. The van der Waals surface area contributed by atoms with E-state index in [9.17, 15) is 9.90 Å². The van der Waals surface area contributed by atoms with E-state index in [1.165, 1.54) is 0 Å². The number of carbonyl (C=O) groups excluding carboxylic acids is 1. The van der Waals surface area contributed by atoms with Crippen LogP contribution >= 0.6 is 0 Å². The number of aliphatic hydroxyl groups excluding tert-OH is 1. The number of carbonyl (C=O) groups is 1. The molecule has 1 aliphatic carbocycles. The zero-order valence-electron chi connectivity index (χ0n) is 12.7. The Labute approximate surface area is 115 Å². The van der Waals surface area contributed by atoms with Gasteiger partial charge >= 0.3 is 0 Å². The highest BCUT2D eigenvalue weighted by molar-refractivity contribution is 5.88. The van der Waals surface area contributed by atoms with Gasteiger partial charge in [-0.1, -0.05) is 27.7 Å². The van der Waals surface area contributed by atoms with Crippen molar-refractivity contribution < 1.29 is 14.6 Å². The monoisotopic (exact) mass is 272 g/mol. The fourth-order valence-electron chi connectivity index (χ4n) is 2.41. The Balaban J connectivity index is 2.58. The lowest BCUT2D eigenvalue weighted by molar-refractivity contribution is -0.171. The van der Waals surface area contributed by atoms with E-state index >= 15 is 0 Å². The van der Waals surface area contributed by atoms with E-state index in [-0.39, 0.29) is 24.5 Å². The maximum atomic E-state index is 12.2. The predicted octanol–water partition coefficient (Wildman–Crippen LogP) is 0.652. The van der Waals surface area contributed by atoms with Gasteiger partial charge in [-0.3, -0.25) is 4.79 Å². The highest BCUT2D eigenvalue weighted by Gasteiger charge is 2.62. The second-order valence-electron chi connectivity index (χ2n) is 6.36. The topological polar surface area (TPSA) is 84.6 Å². The molecule has 0 spiro atoms. The van der Waals surface area contributed by atoms with Crippen molar-refractivity contribution in [2.45, 2.75) is 58.8 Å². The summed E-state index contributed by atoms with van der Waals surface area (Å²) in [6.07, 6.45) is -0.000959. The molecule has 1 aliphatic rings. The minimum atomic E-state index is -0.913. The van der Waals surface area contributed by atoms with Crippen molar-refractivity contribution >= 4 is 5.91 Å². The fraction of sp³-hybridized carbons (Fsp3) is 0.929. The van der Waals surface area contributed by atoms with Crippen LogP contribution < -0.4 is 11.1 Å². The van der Waals surface area contributed by atoms with Crippen LogP contribution in [0.2, 0.25) is 0 Å². The molecule has 0 radical (unpaired) electrons. The summed E-state index contributed by atoms with van der Waals surface area (Å²) in [4.78, 5) is 12.2. The Morgan fingerprint density at radius 1 is 1.53 bits per heavy atom. The number of nitrogens with one attached hydrogen (secondary N) is 1. The van der Waals surface area contributed by atoms with Gasteiger partial charge in [0.15, 0.2) is 0 Å². The Kier molecular flexibility index (Phi) is 4.98. The average molecular weight is 272 g/mol.